The second kappa shape index (κ2) is 4.55. The highest BCUT2D eigenvalue weighted by Crippen LogP contribution is 2.36. The monoisotopic (exact) mass is 231 g/mol. The van der Waals surface area contributed by atoms with Crippen molar-refractivity contribution in [3.8, 4) is 0 Å². The van der Waals surface area contributed by atoms with Gasteiger partial charge < -0.3 is 0 Å². The van der Waals surface area contributed by atoms with Crippen LogP contribution in [0.25, 0.3) is 0 Å². The maximum absolute atomic E-state index is 4.71. The van der Waals surface area contributed by atoms with E-state index in [4.69, 9.17) is 9.97 Å². The third-order valence-corrected chi connectivity index (χ3v) is 3.16. The fourth-order valence-corrected chi connectivity index (χ4v) is 2.06. The van der Waals surface area contributed by atoms with Gasteiger partial charge in [-0.15, -0.1) is 0 Å². The molecule has 0 N–H and O–H groups in total. The molecular formula is C14H21N3. The Labute approximate surface area is 103 Å². The van der Waals surface area contributed by atoms with Gasteiger partial charge in [0, 0.05) is 18.1 Å². The molecule has 0 saturated heterocycles. The van der Waals surface area contributed by atoms with E-state index >= 15 is 0 Å². The number of aliphatic imine (C=N–C) groups is 1. The molecule has 0 amide bonds. The predicted octanol–water partition coefficient (Wildman–Crippen LogP) is 3.93. The van der Waals surface area contributed by atoms with Crippen LogP contribution >= 0.6 is 0 Å². The molecule has 1 unspecified atom stereocenters. The van der Waals surface area contributed by atoms with E-state index in [0.717, 1.165) is 29.3 Å². The highest BCUT2D eigenvalue weighted by molar-refractivity contribution is 5.70. The van der Waals surface area contributed by atoms with Gasteiger partial charge in [0.1, 0.15) is 11.5 Å². The summed E-state index contributed by atoms with van der Waals surface area (Å²) in [5.74, 6) is 2.18. The molecule has 3 heteroatoms. The molecule has 0 spiro atoms. The lowest BCUT2D eigenvalue weighted by molar-refractivity contribution is 0.680. The quantitative estimate of drug-likeness (QED) is 0.773. The van der Waals surface area contributed by atoms with Crippen molar-refractivity contribution in [1.82, 2.24) is 9.97 Å². The first-order valence-corrected chi connectivity index (χ1v) is 6.45. The van der Waals surface area contributed by atoms with Gasteiger partial charge in [0.25, 0.3) is 0 Å². The predicted molar refractivity (Wildman–Crippen MR) is 71.4 cm³/mol. The minimum Gasteiger partial charge on any atom is -0.257 e. The molecule has 0 aromatic carbocycles. The maximum Gasteiger partial charge on any atom is 0.131 e. The second-order valence-corrected chi connectivity index (χ2v) is 5.46. The number of rotatable bonds is 2. The van der Waals surface area contributed by atoms with Crippen molar-refractivity contribution in [2.24, 2.45) is 4.99 Å². The van der Waals surface area contributed by atoms with Crippen LogP contribution in [0.2, 0.25) is 0 Å². The average Bonchev–Trinajstić information content (AvgIpc) is 2.28. The first-order chi connectivity index (χ1) is 8.00. The molecule has 2 heterocycles. The van der Waals surface area contributed by atoms with Crippen LogP contribution in [-0.4, -0.2) is 16.2 Å². The lowest BCUT2D eigenvalue weighted by Gasteiger charge is -2.21. The van der Waals surface area contributed by atoms with Gasteiger partial charge in [-0.25, -0.2) is 9.97 Å². The summed E-state index contributed by atoms with van der Waals surface area (Å²) in [6.07, 6.45) is 2.98. The summed E-state index contributed by atoms with van der Waals surface area (Å²) in [4.78, 5) is 13.9. The highest BCUT2D eigenvalue weighted by Gasteiger charge is 2.23. The molecule has 2 rings (SSSR count). The molecule has 0 saturated carbocycles. The summed E-state index contributed by atoms with van der Waals surface area (Å²) in [7, 11) is 0. The van der Waals surface area contributed by atoms with Gasteiger partial charge >= 0.3 is 0 Å². The smallest absolute Gasteiger partial charge is 0.131 e. The van der Waals surface area contributed by atoms with Crippen LogP contribution in [0.3, 0.4) is 0 Å². The Morgan fingerprint density at radius 3 is 2.41 bits per heavy atom. The minimum atomic E-state index is 0.371. The summed E-state index contributed by atoms with van der Waals surface area (Å²) in [5.41, 5.74) is 3.25. The van der Waals surface area contributed by atoms with E-state index < -0.39 is 0 Å². The third-order valence-electron chi connectivity index (χ3n) is 3.16. The van der Waals surface area contributed by atoms with E-state index in [1.165, 1.54) is 0 Å². The van der Waals surface area contributed by atoms with Crippen LogP contribution in [0.5, 0.6) is 0 Å². The normalized spacial score (nSPS) is 18.9. The number of hydrogen-bond acceptors (Lipinski definition) is 3. The molecule has 1 aliphatic rings. The van der Waals surface area contributed by atoms with Crippen molar-refractivity contribution in [3.05, 3.63) is 17.2 Å². The molecule has 1 aromatic heterocycles. The van der Waals surface area contributed by atoms with Gasteiger partial charge in [0.05, 0.1) is 11.4 Å². The zero-order chi connectivity index (χ0) is 12.6. The first kappa shape index (κ1) is 12.2. The number of hydrogen-bond donors (Lipinski definition) is 0. The minimum absolute atomic E-state index is 0.371. The lowest BCUT2D eigenvalue weighted by atomic mass is 9.96. The summed E-state index contributed by atoms with van der Waals surface area (Å²) >= 11 is 0. The van der Waals surface area contributed by atoms with Crippen molar-refractivity contribution in [1.29, 1.82) is 0 Å². The van der Waals surface area contributed by atoms with Gasteiger partial charge in [-0.2, -0.15) is 0 Å². The second-order valence-electron chi connectivity index (χ2n) is 5.46. The summed E-state index contributed by atoms with van der Waals surface area (Å²) in [6.45, 7) is 10.8. The zero-order valence-corrected chi connectivity index (χ0v) is 11.4. The molecule has 92 valence electrons. The van der Waals surface area contributed by atoms with Crippen molar-refractivity contribution in [2.45, 2.75) is 58.8 Å². The topological polar surface area (TPSA) is 38.1 Å². The van der Waals surface area contributed by atoms with E-state index in [-0.39, 0.29) is 0 Å². The molecule has 17 heavy (non-hydrogen) atoms. The molecule has 0 radical (unpaired) electrons. The van der Waals surface area contributed by atoms with E-state index in [1.807, 2.05) is 6.21 Å². The maximum atomic E-state index is 4.71. The van der Waals surface area contributed by atoms with Crippen molar-refractivity contribution in [3.63, 3.8) is 0 Å². The molecule has 1 aliphatic heterocycles. The summed E-state index contributed by atoms with van der Waals surface area (Å²) < 4.78 is 0. The van der Waals surface area contributed by atoms with E-state index in [1.54, 1.807) is 0 Å². The summed E-state index contributed by atoms with van der Waals surface area (Å²) in [6, 6.07) is 0. The number of aromatic nitrogens is 2. The SMILES string of the molecule is CC(C)c1nc(C(C)C)c2c(n1)C(C)CC=N2. The van der Waals surface area contributed by atoms with Gasteiger partial charge in [0.15, 0.2) is 0 Å². The Kier molecular flexibility index (Phi) is 3.27. The van der Waals surface area contributed by atoms with Crippen molar-refractivity contribution >= 4 is 11.9 Å². The van der Waals surface area contributed by atoms with Gasteiger partial charge in [-0.3, -0.25) is 4.99 Å². The van der Waals surface area contributed by atoms with Crippen LogP contribution < -0.4 is 0 Å². The Balaban J connectivity index is 2.63. The average molecular weight is 231 g/mol. The molecule has 1 aromatic rings. The Morgan fingerprint density at radius 2 is 1.82 bits per heavy atom. The van der Waals surface area contributed by atoms with Crippen LogP contribution in [0, 0.1) is 0 Å². The lowest BCUT2D eigenvalue weighted by Crippen LogP contribution is -2.12. The molecule has 0 fully saturated rings. The van der Waals surface area contributed by atoms with E-state index in [0.29, 0.717) is 17.8 Å². The fraction of sp³-hybridized carbons (Fsp3) is 0.643. The van der Waals surface area contributed by atoms with Crippen LogP contribution in [0.15, 0.2) is 4.99 Å². The van der Waals surface area contributed by atoms with E-state index in [2.05, 4.69) is 39.6 Å². The van der Waals surface area contributed by atoms with Crippen LogP contribution in [-0.2, 0) is 0 Å². The molecule has 0 bridgehead atoms. The molecule has 0 aliphatic carbocycles. The third kappa shape index (κ3) is 2.24. The zero-order valence-electron chi connectivity index (χ0n) is 11.4. The van der Waals surface area contributed by atoms with Crippen LogP contribution in [0.4, 0.5) is 5.69 Å². The standard InChI is InChI=1S/C14H21N3/c1-8(2)11-13-12(10(5)6-7-15-13)17-14(16-11)9(3)4/h7-10H,6H2,1-5H3. The largest absolute Gasteiger partial charge is 0.257 e. The molecule has 3 nitrogen and oxygen atoms in total. The highest BCUT2D eigenvalue weighted by atomic mass is 15.0. The van der Waals surface area contributed by atoms with Crippen molar-refractivity contribution in [2.75, 3.05) is 0 Å². The fourth-order valence-electron chi connectivity index (χ4n) is 2.06. The summed E-state index contributed by atoms with van der Waals surface area (Å²) in [5, 5.41) is 0. The van der Waals surface area contributed by atoms with Gasteiger partial charge in [-0.1, -0.05) is 34.6 Å². The Morgan fingerprint density at radius 1 is 1.12 bits per heavy atom. The number of nitrogens with zero attached hydrogens (tertiary/aromatic N) is 3. The number of fused-ring (bicyclic) bond motifs is 1. The van der Waals surface area contributed by atoms with Gasteiger partial charge in [0.2, 0.25) is 0 Å². The van der Waals surface area contributed by atoms with Gasteiger partial charge in [-0.05, 0) is 12.3 Å². The van der Waals surface area contributed by atoms with Crippen LogP contribution in [0.1, 0.15) is 76.0 Å². The van der Waals surface area contributed by atoms with Crippen molar-refractivity contribution < 1.29 is 0 Å². The Bertz CT molecular complexity index is 447. The molecular weight excluding hydrogens is 210 g/mol. The molecule has 1 atom stereocenters. The van der Waals surface area contributed by atoms with E-state index in [9.17, 15) is 0 Å². The first-order valence-electron chi connectivity index (χ1n) is 6.45. The Hall–Kier alpha value is -1.25.